The molecule has 3 rings (SSSR count). The quantitative estimate of drug-likeness (QED) is 0.462. The number of thioether (sulfide) groups is 1. The number of hydrogen-bond donors (Lipinski definition) is 1. The Kier molecular flexibility index (Phi) is 6.60. The second-order valence-electron chi connectivity index (χ2n) is 6.38. The topological polar surface area (TPSA) is 85.1 Å². The minimum absolute atomic E-state index is 0.00582. The van der Waals surface area contributed by atoms with Crippen LogP contribution in [0.1, 0.15) is 28.4 Å². The van der Waals surface area contributed by atoms with Crippen molar-refractivity contribution in [2.75, 3.05) is 12.3 Å². The van der Waals surface area contributed by atoms with E-state index in [9.17, 15) is 9.59 Å². The molecule has 0 spiro atoms. The molecule has 0 radical (unpaired) electrons. The molecule has 1 heterocycles. The Labute approximate surface area is 167 Å². The number of benzene rings is 2. The van der Waals surface area contributed by atoms with Crippen LogP contribution in [-0.4, -0.2) is 34.2 Å². The first-order valence-corrected chi connectivity index (χ1v) is 9.90. The van der Waals surface area contributed by atoms with Crippen molar-refractivity contribution < 1.29 is 14.0 Å². The number of aryl methyl sites for hydroxylation is 1. The Bertz CT molecular complexity index is 967. The molecule has 2 aromatic carbocycles. The molecule has 0 atom stereocenters. The zero-order valence-corrected chi connectivity index (χ0v) is 16.6. The second-order valence-corrected chi connectivity index (χ2v) is 7.31. The highest BCUT2D eigenvalue weighted by atomic mass is 32.2. The highest BCUT2D eigenvalue weighted by Gasteiger charge is 2.12. The van der Waals surface area contributed by atoms with Gasteiger partial charge in [-0.15, -0.1) is 10.2 Å². The van der Waals surface area contributed by atoms with Crippen molar-refractivity contribution in [3.05, 3.63) is 65.2 Å². The van der Waals surface area contributed by atoms with Gasteiger partial charge < -0.3 is 9.73 Å². The number of nitrogens with zero attached hydrogens (tertiary/aromatic N) is 2. The summed E-state index contributed by atoms with van der Waals surface area (Å²) in [4.78, 5) is 23.3. The second kappa shape index (κ2) is 9.32. The molecule has 1 N–H and O–H groups in total. The van der Waals surface area contributed by atoms with Gasteiger partial charge in [-0.1, -0.05) is 53.7 Å². The smallest absolute Gasteiger partial charge is 0.277 e. The summed E-state index contributed by atoms with van der Waals surface area (Å²) in [6.07, 6.45) is 0.729. The van der Waals surface area contributed by atoms with Gasteiger partial charge in [-0.05, 0) is 31.0 Å². The summed E-state index contributed by atoms with van der Waals surface area (Å²) >= 11 is 1.23. The van der Waals surface area contributed by atoms with Crippen LogP contribution in [0, 0.1) is 6.92 Å². The van der Waals surface area contributed by atoms with Crippen LogP contribution in [0.15, 0.2) is 58.2 Å². The predicted molar refractivity (Wildman–Crippen MR) is 108 cm³/mol. The number of carbonyl (C=O) groups is 2. The predicted octanol–water partition coefficient (Wildman–Crippen LogP) is 3.70. The molecule has 0 aliphatic carbocycles. The molecular formula is C21H21N3O3S. The number of nitrogens with one attached hydrogen (secondary N) is 1. The van der Waals surface area contributed by atoms with E-state index in [1.54, 1.807) is 12.1 Å². The summed E-state index contributed by atoms with van der Waals surface area (Å²) in [7, 11) is 0. The van der Waals surface area contributed by atoms with E-state index >= 15 is 0 Å². The number of hydrogen-bond acceptors (Lipinski definition) is 6. The van der Waals surface area contributed by atoms with Crippen molar-refractivity contribution in [1.29, 1.82) is 0 Å². The number of amides is 1. The number of carbonyl (C=O) groups excluding carboxylic acids is 2. The van der Waals surface area contributed by atoms with Crippen LogP contribution >= 0.6 is 11.8 Å². The maximum absolute atomic E-state index is 12.4. The minimum atomic E-state index is -0.0459. The van der Waals surface area contributed by atoms with E-state index in [-0.39, 0.29) is 17.4 Å². The molecule has 1 aromatic heterocycles. The minimum Gasteiger partial charge on any atom is -0.411 e. The number of rotatable bonds is 8. The summed E-state index contributed by atoms with van der Waals surface area (Å²) in [5, 5.41) is 11.2. The Morgan fingerprint density at radius 2 is 1.89 bits per heavy atom. The molecule has 3 aromatic rings. The van der Waals surface area contributed by atoms with E-state index in [0.29, 0.717) is 23.2 Å². The van der Waals surface area contributed by atoms with Gasteiger partial charge in [-0.3, -0.25) is 9.59 Å². The van der Waals surface area contributed by atoms with E-state index in [0.717, 1.165) is 23.1 Å². The molecule has 0 bridgehead atoms. The molecule has 28 heavy (non-hydrogen) atoms. The first kappa shape index (κ1) is 19.8. The third kappa shape index (κ3) is 5.53. The molecule has 6 nitrogen and oxygen atoms in total. The van der Waals surface area contributed by atoms with Gasteiger partial charge in [0.25, 0.3) is 5.22 Å². The van der Waals surface area contributed by atoms with Gasteiger partial charge in [-0.25, -0.2) is 0 Å². The highest BCUT2D eigenvalue weighted by molar-refractivity contribution is 7.99. The van der Waals surface area contributed by atoms with Crippen molar-refractivity contribution in [3.63, 3.8) is 0 Å². The lowest BCUT2D eigenvalue weighted by molar-refractivity contribution is -0.118. The van der Waals surface area contributed by atoms with Crippen molar-refractivity contribution in [2.45, 2.75) is 25.5 Å². The lowest BCUT2D eigenvalue weighted by atomic mass is 10.1. The third-order valence-electron chi connectivity index (χ3n) is 4.06. The van der Waals surface area contributed by atoms with Gasteiger partial charge in [0.05, 0.1) is 5.75 Å². The van der Waals surface area contributed by atoms with Crippen molar-refractivity contribution in [2.24, 2.45) is 0 Å². The summed E-state index contributed by atoms with van der Waals surface area (Å²) in [5.74, 6) is 0.618. The van der Waals surface area contributed by atoms with Gasteiger partial charge in [0, 0.05) is 24.6 Å². The molecule has 0 saturated heterocycles. The van der Waals surface area contributed by atoms with Gasteiger partial charge in [0.1, 0.15) is 0 Å². The molecule has 0 fully saturated rings. The maximum atomic E-state index is 12.4. The van der Waals surface area contributed by atoms with Gasteiger partial charge in [-0.2, -0.15) is 0 Å². The maximum Gasteiger partial charge on any atom is 0.277 e. The molecule has 1 amide bonds. The zero-order chi connectivity index (χ0) is 19.9. The molecule has 0 unspecified atom stereocenters. The van der Waals surface area contributed by atoms with Crippen LogP contribution in [0.3, 0.4) is 0 Å². The fourth-order valence-electron chi connectivity index (χ4n) is 2.61. The molecule has 0 aliphatic rings. The Balaban J connectivity index is 1.53. The molecule has 0 saturated carbocycles. The SMILES string of the molecule is CC(=O)NCCc1ccc(C(=O)CSc2nnc(-c3cccc(C)c3)o2)cc1. The number of Topliss-reactive ketones (excluding diaryl/α,β-unsaturated/α-hetero) is 1. The van der Waals surface area contributed by atoms with Crippen LogP contribution < -0.4 is 5.32 Å². The van der Waals surface area contributed by atoms with E-state index < -0.39 is 0 Å². The van der Waals surface area contributed by atoms with E-state index in [1.807, 2.05) is 43.3 Å². The first-order valence-electron chi connectivity index (χ1n) is 8.91. The lowest BCUT2D eigenvalue weighted by Gasteiger charge is -2.04. The largest absolute Gasteiger partial charge is 0.411 e. The fourth-order valence-corrected chi connectivity index (χ4v) is 3.27. The first-order chi connectivity index (χ1) is 13.5. The molecule has 0 aliphatic heterocycles. The summed E-state index contributed by atoms with van der Waals surface area (Å²) in [6, 6.07) is 15.2. The van der Waals surface area contributed by atoms with Crippen LogP contribution in [0.5, 0.6) is 0 Å². The average molecular weight is 395 g/mol. The van der Waals surface area contributed by atoms with Gasteiger partial charge >= 0.3 is 0 Å². The normalized spacial score (nSPS) is 10.6. The van der Waals surface area contributed by atoms with E-state index in [1.165, 1.54) is 18.7 Å². The van der Waals surface area contributed by atoms with E-state index in [4.69, 9.17) is 4.42 Å². The van der Waals surface area contributed by atoms with Crippen LogP contribution in [-0.2, 0) is 11.2 Å². The van der Waals surface area contributed by atoms with Crippen LogP contribution in [0.2, 0.25) is 0 Å². The summed E-state index contributed by atoms with van der Waals surface area (Å²) < 4.78 is 5.65. The Hall–Kier alpha value is -2.93. The van der Waals surface area contributed by atoms with Crippen LogP contribution in [0.4, 0.5) is 0 Å². The number of ketones is 1. The molecule has 7 heteroatoms. The summed E-state index contributed by atoms with van der Waals surface area (Å²) in [5.41, 5.74) is 3.67. The van der Waals surface area contributed by atoms with Crippen molar-refractivity contribution in [1.82, 2.24) is 15.5 Å². The lowest BCUT2D eigenvalue weighted by Crippen LogP contribution is -2.22. The van der Waals surface area contributed by atoms with Crippen LogP contribution in [0.25, 0.3) is 11.5 Å². The zero-order valence-electron chi connectivity index (χ0n) is 15.8. The Morgan fingerprint density at radius 3 is 2.61 bits per heavy atom. The standard InChI is InChI=1S/C21H21N3O3S/c1-14-4-3-5-18(12-14)20-23-24-21(27-20)28-13-19(26)17-8-6-16(7-9-17)10-11-22-15(2)25/h3-9,12H,10-11,13H2,1-2H3,(H,22,25). The molecule has 144 valence electrons. The van der Waals surface area contributed by atoms with E-state index in [2.05, 4.69) is 15.5 Å². The molecular weight excluding hydrogens is 374 g/mol. The monoisotopic (exact) mass is 395 g/mol. The highest BCUT2D eigenvalue weighted by Crippen LogP contribution is 2.24. The van der Waals surface area contributed by atoms with Crippen molar-refractivity contribution in [3.8, 4) is 11.5 Å². The van der Waals surface area contributed by atoms with Gasteiger partial charge in [0.15, 0.2) is 5.78 Å². The fraction of sp³-hybridized carbons (Fsp3) is 0.238. The van der Waals surface area contributed by atoms with Crippen molar-refractivity contribution >= 4 is 23.5 Å². The number of aromatic nitrogens is 2. The van der Waals surface area contributed by atoms with Gasteiger partial charge in [0.2, 0.25) is 11.8 Å². The Morgan fingerprint density at radius 1 is 1.11 bits per heavy atom. The average Bonchev–Trinajstić information content (AvgIpc) is 3.15. The third-order valence-corrected chi connectivity index (χ3v) is 4.88. The summed E-state index contributed by atoms with van der Waals surface area (Å²) in [6.45, 7) is 4.07.